The van der Waals surface area contributed by atoms with Crippen LogP contribution < -0.4 is 0 Å². The highest BCUT2D eigenvalue weighted by Crippen LogP contribution is 2.26. The molecule has 0 aliphatic rings. The molecule has 0 aromatic heterocycles. The lowest BCUT2D eigenvalue weighted by Crippen LogP contribution is -1.88. The summed E-state index contributed by atoms with van der Waals surface area (Å²) in [5.74, 6) is 0. The van der Waals surface area contributed by atoms with E-state index in [2.05, 4.69) is 13.8 Å². The van der Waals surface area contributed by atoms with Crippen LogP contribution in [0.1, 0.15) is 232 Å². The molecular weight excluding hydrogens is 519 g/mol. The van der Waals surface area contributed by atoms with Gasteiger partial charge in [-0.1, -0.05) is 206 Å². The molecule has 0 amide bonds. The van der Waals surface area contributed by atoms with Gasteiger partial charge >= 0.3 is 0 Å². The van der Waals surface area contributed by atoms with E-state index < -0.39 is 0 Å². The zero-order valence-electron chi connectivity index (χ0n) is 28.3. The Hall–Kier alpha value is 0.520. The molecule has 0 aromatic carbocycles. The molecule has 0 atom stereocenters. The van der Waals surface area contributed by atoms with Gasteiger partial charge in [0.2, 0.25) is 0 Å². The van der Waals surface area contributed by atoms with E-state index in [0.29, 0.717) is 0 Å². The molecule has 240 valence electrons. The van der Waals surface area contributed by atoms with Crippen molar-refractivity contribution < 1.29 is 0 Å². The summed E-state index contributed by atoms with van der Waals surface area (Å²) in [6.45, 7) is 4.53. The van der Waals surface area contributed by atoms with Gasteiger partial charge in [-0.15, -0.1) is 0 Å². The molecule has 0 radical (unpaired) electrons. The molecule has 0 bridgehead atoms. The minimum absolute atomic E-state index is 0.0844. The Labute approximate surface area is 262 Å². The molecule has 0 rings (SSSR count). The van der Waals surface area contributed by atoms with Crippen LogP contribution in [0.2, 0.25) is 0 Å². The highest BCUT2D eigenvalue weighted by molar-refractivity contribution is 8.05. The van der Waals surface area contributed by atoms with Gasteiger partial charge < -0.3 is 0 Å². The highest BCUT2D eigenvalue weighted by Gasteiger charge is 2.08. The number of unbranched alkanes of at least 4 members (excludes halogenated alkanes) is 32. The van der Waals surface area contributed by atoms with E-state index in [4.69, 9.17) is 11.8 Å². The van der Waals surface area contributed by atoms with Gasteiger partial charge in [-0.05, 0) is 25.7 Å². The van der Waals surface area contributed by atoms with Crippen molar-refractivity contribution in [2.45, 2.75) is 232 Å². The molecule has 40 heavy (non-hydrogen) atoms. The van der Waals surface area contributed by atoms with Crippen LogP contribution in [0.15, 0.2) is 0 Å². The summed E-state index contributed by atoms with van der Waals surface area (Å²) < 4.78 is 0. The van der Waals surface area contributed by atoms with Crippen molar-refractivity contribution in [3.63, 3.8) is 0 Å². The van der Waals surface area contributed by atoms with Crippen molar-refractivity contribution in [2.75, 3.05) is 12.3 Å². The molecule has 0 aliphatic heterocycles. The van der Waals surface area contributed by atoms with Crippen LogP contribution in [0, 0.1) is 0 Å². The van der Waals surface area contributed by atoms with Crippen molar-refractivity contribution in [2.24, 2.45) is 0 Å². The summed E-state index contributed by atoms with van der Waals surface area (Å²) in [5.41, 5.74) is 0. The maximum Gasteiger partial charge on any atom is 0.175 e. The predicted octanol–water partition coefficient (Wildman–Crippen LogP) is 15.2. The van der Waals surface area contributed by atoms with Gasteiger partial charge in [0.1, 0.15) is 12.3 Å². The lowest BCUT2D eigenvalue weighted by atomic mass is 10.0. The summed E-state index contributed by atoms with van der Waals surface area (Å²) in [6, 6.07) is 0. The minimum atomic E-state index is -0.0844. The predicted molar refractivity (Wildman–Crippen MR) is 192 cm³/mol. The van der Waals surface area contributed by atoms with Gasteiger partial charge in [0.15, 0.2) is 18.5 Å². The first kappa shape index (κ1) is 40.5. The first-order valence-electron chi connectivity index (χ1n) is 19.2. The standard InChI is InChI=1S/C38H78PS/c1-3-5-7-9-11-13-15-17-19-21-23-25-27-29-31-33-35-37-39(40)38-36-34-32-30-28-26-24-22-20-18-16-14-12-10-8-6-4-2/h3-38H2,1-2H3/q+1. The van der Waals surface area contributed by atoms with E-state index in [9.17, 15) is 0 Å². The molecule has 0 heterocycles. The van der Waals surface area contributed by atoms with E-state index in [0.717, 1.165) is 0 Å². The SMILES string of the molecule is CCCCCCCCCCCCCCCCCCC[P+](=S)CCCCCCCCCCCCCCCCCCC. The van der Waals surface area contributed by atoms with Gasteiger partial charge in [-0.3, -0.25) is 0 Å². The second kappa shape index (κ2) is 37.5. The molecule has 0 nitrogen and oxygen atoms in total. The summed E-state index contributed by atoms with van der Waals surface area (Å²) in [7, 11) is 0. The third kappa shape index (κ3) is 36.5. The summed E-state index contributed by atoms with van der Waals surface area (Å²) in [6.07, 6.45) is 52.4. The number of hydrogen-bond acceptors (Lipinski definition) is 1. The third-order valence-corrected chi connectivity index (χ3v) is 11.7. The van der Waals surface area contributed by atoms with Crippen molar-refractivity contribution in [1.29, 1.82) is 0 Å². The van der Waals surface area contributed by atoms with Crippen LogP contribution >= 0.6 is 6.70 Å². The van der Waals surface area contributed by atoms with E-state index >= 15 is 0 Å². The first-order chi connectivity index (χ1) is 19.8. The zero-order valence-corrected chi connectivity index (χ0v) is 30.0. The molecule has 0 aliphatic carbocycles. The average molecular weight is 598 g/mol. The van der Waals surface area contributed by atoms with Crippen molar-refractivity contribution in [3.8, 4) is 0 Å². The summed E-state index contributed by atoms with van der Waals surface area (Å²) in [5, 5.41) is 0. The Bertz CT molecular complexity index is 422. The monoisotopic (exact) mass is 598 g/mol. The van der Waals surface area contributed by atoms with Crippen LogP contribution in [0.25, 0.3) is 0 Å². The van der Waals surface area contributed by atoms with Crippen LogP contribution in [0.5, 0.6) is 0 Å². The first-order valence-corrected chi connectivity index (χ1v) is 22.0. The van der Waals surface area contributed by atoms with Gasteiger partial charge in [0, 0.05) is 0 Å². The molecule has 0 saturated carbocycles. The lowest BCUT2D eigenvalue weighted by Gasteiger charge is -2.03. The quantitative estimate of drug-likeness (QED) is 0.0511. The molecule has 0 spiro atoms. The topological polar surface area (TPSA) is 0 Å². The Morgan fingerprint density at radius 2 is 0.400 bits per heavy atom. The molecular formula is C38H78PS+. The van der Waals surface area contributed by atoms with Crippen molar-refractivity contribution >= 4 is 18.5 Å². The second-order valence-electron chi connectivity index (χ2n) is 13.2. The molecule has 0 aromatic rings. The molecule has 0 unspecified atom stereocenters. The van der Waals surface area contributed by atoms with Gasteiger partial charge in [-0.2, -0.15) is 0 Å². The Morgan fingerprint density at radius 1 is 0.250 bits per heavy atom. The van der Waals surface area contributed by atoms with Crippen LogP contribution in [-0.4, -0.2) is 12.3 Å². The minimum Gasteiger partial charge on any atom is -0.0654 e. The molecule has 0 fully saturated rings. The maximum absolute atomic E-state index is 5.82. The lowest BCUT2D eigenvalue weighted by molar-refractivity contribution is 0.528. The Kier molecular flexibility index (Phi) is 38.0. The van der Waals surface area contributed by atoms with Crippen molar-refractivity contribution in [3.05, 3.63) is 0 Å². The Morgan fingerprint density at radius 3 is 0.575 bits per heavy atom. The van der Waals surface area contributed by atoms with Gasteiger partial charge in [0.05, 0.1) is 0 Å². The van der Waals surface area contributed by atoms with E-state index in [1.54, 1.807) is 0 Å². The molecule has 0 N–H and O–H groups in total. The largest absolute Gasteiger partial charge is 0.175 e. The third-order valence-electron chi connectivity index (χ3n) is 9.02. The average Bonchev–Trinajstić information content (AvgIpc) is 2.96. The Balaban J connectivity index is 3.14. The fourth-order valence-corrected chi connectivity index (χ4v) is 8.29. The number of rotatable bonds is 36. The van der Waals surface area contributed by atoms with E-state index in [1.807, 2.05) is 0 Å². The van der Waals surface area contributed by atoms with Gasteiger partial charge in [0.25, 0.3) is 0 Å². The van der Waals surface area contributed by atoms with Crippen LogP contribution in [0.4, 0.5) is 0 Å². The van der Waals surface area contributed by atoms with Crippen molar-refractivity contribution in [1.82, 2.24) is 0 Å². The highest BCUT2D eigenvalue weighted by atomic mass is 32.4. The number of hydrogen-bond donors (Lipinski definition) is 0. The summed E-state index contributed by atoms with van der Waals surface area (Å²) >= 11 is 5.82. The van der Waals surface area contributed by atoms with Crippen LogP contribution in [-0.2, 0) is 11.8 Å². The molecule has 2 heteroatoms. The van der Waals surface area contributed by atoms with Crippen LogP contribution in [0.3, 0.4) is 0 Å². The van der Waals surface area contributed by atoms with E-state index in [1.165, 1.54) is 231 Å². The van der Waals surface area contributed by atoms with Gasteiger partial charge in [-0.25, -0.2) is 0 Å². The fraction of sp³-hybridized carbons (Fsp3) is 1.00. The zero-order chi connectivity index (χ0) is 29.0. The second-order valence-corrected chi connectivity index (χ2v) is 16.6. The maximum atomic E-state index is 5.82. The smallest absolute Gasteiger partial charge is 0.0654 e. The molecule has 0 saturated heterocycles. The summed E-state index contributed by atoms with van der Waals surface area (Å²) in [4.78, 5) is 0. The normalized spacial score (nSPS) is 11.4. The fourth-order valence-electron chi connectivity index (χ4n) is 6.14. The van der Waals surface area contributed by atoms with E-state index in [-0.39, 0.29) is 6.70 Å².